The van der Waals surface area contributed by atoms with Crippen LogP contribution >= 0.6 is 0 Å². The molecule has 2 rings (SSSR count). The van der Waals surface area contributed by atoms with E-state index in [0.29, 0.717) is 0 Å². The summed E-state index contributed by atoms with van der Waals surface area (Å²) in [5, 5.41) is 0. The number of fused-ring (bicyclic) bond motifs is 1. The molecule has 16 heavy (non-hydrogen) atoms. The third kappa shape index (κ3) is 1.79. The summed E-state index contributed by atoms with van der Waals surface area (Å²) in [6.45, 7) is 4.18. The topological polar surface area (TPSA) is 18.5 Å². The Morgan fingerprint density at radius 3 is 2.38 bits per heavy atom. The van der Waals surface area contributed by atoms with Crippen molar-refractivity contribution in [3.8, 4) is 0 Å². The molecule has 1 aliphatic rings. The van der Waals surface area contributed by atoms with E-state index >= 15 is 0 Å². The molecule has 0 amide bonds. The molecule has 0 heterocycles. The van der Waals surface area contributed by atoms with Gasteiger partial charge < -0.3 is 9.47 Å². The Morgan fingerprint density at radius 2 is 1.75 bits per heavy atom. The Kier molecular flexibility index (Phi) is 3.13. The summed E-state index contributed by atoms with van der Waals surface area (Å²) < 4.78 is 11.0. The molecule has 0 saturated heterocycles. The van der Waals surface area contributed by atoms with Crippen LogP contribution in [0, 0.1) is 6.92 Å². The first-order valence-corrected chi connectivity index (χ1v) is 5.51. The highest BCUT2D eigenvalue weighted by atomic mass is 16.5. The molecule has 86 valence electrons. The maximum atomic E-state index is 5.54. The van der Waals surface area contributed by atoms with Crippen LogP contribution < -0.4 is 0 Å². The van der Waals surface area contributed by atoms with Crippen LogP contribution in [0.4, 0.5) is 0 Å². The van der Waals surface area contributed by atoms with E-state index in [4.69, 9.17) is 9.47 Å². The van der Waals surface area contributed by atoms with E-state index in [-0.39, 0.29) is 12.2 Å². The van der Waals surface area contributed by atoms with Crippen molar-refractivity contribution in [1.82, 2.24) is 0 Å². The highest BCUT2D eigenvalue weighted by Crippen LogP contribution is 2.39. The second-order valence-corrected chi connectivity index (χ2v) is 4.32. The smallest absolute Gasteiger partial charge is 0.103 e. The number of methoxy groups -OCH3 is 2. The van der Waals surface area contributed by atoms with Crippen molar-refractivity contribution in [1.29, 1.82) is 0 Å². The highest BCUT2D eigenvalue weighted by Gasteiger charge is 2.26. The van der Waals surface area contributed by atoms with Gasteiger partial charge in [-0.25, -0.2) is 0 Å². The standard InChI is InChI=1S/C14H18O2/c1-9-5-6-11-12(7-9)13(15-3)8-10(2)14(11)16-4/h5-8,13-14H,1-4H3/t13-,14+/m1/s1. The number of ether oxygens (including phenoxy) is 2. The van der Waals surface area contributed by atoms with Crippen molar-refractivity contribution in [3.05, 3.63) is 46.5 Å². The lowest BCUT2D eigenvalue weighted by Crippen LogP contribution is -2.16. The van der Waals surface area contributed by atoms with Gasteiger partial charge in [-0.05, 0) is 36.6 Å². The molecule has 0 bridgehead atoms. The minimum atomic E-state index is 0.0568. The zero-order valence-electron chi connectivity index (χ0n) is 10.3. The van der Waals surface area contributed by atoms with Gasteiger partial charge in [-0.15, -0.1) is 0 Å². The molecule has 1 aromatic carbocycles. The van der Waals surface area contributed by atoms with Crippen LogP contribution in [0.1, 0.15) is 35.8 Å². The Balaban J connectivity index is 2.54. The first-order chi connectivity index (χ1) is 7.67. The fraction of sp³-hybridized carbons (Fsp3) is 0.429. The number of aryl methyl sites for hydroxylation is 1. The van der Waals surface area contributed by atoms with Crippen molar-refractivity contribution in [2.24, 2.45) is 0 Å². The molecular formula is C14H18O2. The third-order valence-corrected chi connectivity index (χ3v) is 3.15. The molecule has 2 heteroatoms. The van der Waals surface area contributed by atoms with Crippen LogP contribution in [0.5, 0.6) is 0 Å². The fourth-order valence-corrected chi connectivity index (χ4v) is 2.35. The Labute approximate surface area is 96.9 Å². The molecule has 0 spiro atoms. The number of hydrogen-bond donors (Lipinski definition) is 0. The SMILES string of the molecule is CO[C@@H]1C=C(C)[C@H](OC)c2ccc(C)cc21. The van der Waals surface area contributed by atoms with Gasteiger partial charge in [0, 0.05) is 14.2 Å². The van der Waals surface area contributed by atoms with E-state index in [0.717, 1.165) is 0 Å². The lowest BCUT2D eigenvalue weighted by atomic mass is 9.87. The van der Waals surface area contributed by atoms with Crippen LogP contribution in [0.25, 0.3) is 0 Å². The molecule has 1 aliphatic carbocycles. The van der Waals surface area contributed by atoms with Gasteiger partial charge in [0.2, 0.25) is 0 Å². The summed E-state index contributed by atoms with van der Waals surface area (Å²) in [6, 6.07) is 6.44. The molecule has 0 aromatic heterocycles. The largest absolute Gasteiger partial charge is 0.373 e. The van der Waals surface area contributed by atoms with E-state index in [9.17, 15) is 0 Å². The van der Waals surface area contributed by atoms with Gasteiger partial charge >= 0.3 is 0 Å². The van der Waals surface area contributed by atoms with Gasteiger partial charge in [0.25, 0.3) is 0 Å². The summed E-state index contributed by atoms with van der Waals surface area (Å²) in [5.41, 5.74) is 4.91. The average molecular weight is 218 g/mol. The predicted octanol–water partition coefficient (Wildman–Crippen LogP) is 3.33. The van der Waals surface area contributed by atoms with Gasteiger partial charge in [-0.3, -0.25) is 0 Å². The molecule has 1 aromatic rings. The van der Waals surface area contributed by atoms with Crippen LogP contribution in [0.2, 0.25) is 0 Å². The van der Waals surface area contributed by atoms with Gasteiger partial charge in [-0.1, -0.05) is 23.8 Å². The molecule has 2 atom stereocenters. The average Bonchev–Trinajstić information content (AvgIpc) is 2.28. The van der Waals surface area contributed by atoms with Gasteiger partial charge in [-0.2, -0.15) is 0 Å². The van der Waals surface area contributed by atoms with Gasteiger partial charge in [0.05, 0.1) is 0 Å². The third-order valence-electron chi connectivity index (χ3n) is 3.15. The summed E-state index contributed by atoms with van der Waals surface area (Å²) in [4.78, 5) is 0. The van der Waals surface area contributed by atoms with Crippen LogP contribution in [-0.2, 0) is 9.47 Å². The predicted molar refractivity (Wildman–Crippen MR) is 64.4 cm³/mol. The summed E-state index contributed by atoms with van der Waals surface area (Å²) in [7, 11) is 3.49. The molecule has 2 nitrogen and oxygen atoms in total. The minimum absolute atomic E-state index is 0.0568. The van der Waals surface area contributed by atoms with E-state index in [1.54, 1.807) is 14.2 Å². The molecule has 0 unspecified atom stereocenters. The Bertz CT molecular complexity index is 421. The lowest BCUT2D eigenvalue weighted by molar-refractivity contribution is 0.103. The van der Waals surface area contributed by atoms with Crippen molar-refractivity contribution in [3.63, 3.8) is 0 Å². The quantitative estimate of drug-likeness (QED) is 0.709. The first-order valence-electron chi connectivity index (χ1n) is 5.51. The second-order valence-electron chi connectivity index (χ2n) is 4.32. The lowest BCUT2D eigenvalue weighted by Gasteiger charge is -2.29. The van der Waals surface area contributed by atoms with Crippen LogP contribution in [0.3, 0.4) is 0 Å². The van der Waals surface area contributed by atoms with Gasteiger partial charge in [0.1, 0.15) is 12.2 Å². The zero-order valence-corrected chi connectivity index (χ0v) is 10.3. The summed E-state index contributed by atoms with van der Waals surface area (Å²) in [5.74, 6) is 0. The van der Waals surface area contributed by atoms with E-state index in [2.05, 4.69) is 38.1 Å². The summed E-state index contributed by atoms with van der Waals surface area (Å²) >= 11 is 0. The Hall–Kier alpha value is -1.12. The van der Waals surface area contributed by atoms with E-state index in [1.165, 1.54) is 22.3 Å². The number of benzene rings is 1. The fourth-order valence-electron chi connectivity index (χ4n) is 2.35. The van der Waals surface area contributed by atoms with Crippen molar-refractivity contribution >= 4 is 0 Å². The second kappa shape index (κ2) is 4.40. The Morgan fingerprint density at radius 1 is 1.00 bits per heavy atom. The molecule has 0 radical (unpaired) electrons. The normalized spacial score (nSPS) is 23.9. The number of rotatable bonds is 2. The van der Waals surface area contributed by atoms with Crippen LogP contribution in [-0.4, -0.2) is 14.2 Å². The molecule has 0 N–H and O–H groups in total. The number of hydrogen-bond acceptors (Lipinski definition) is 2. The minimum Gasteiger partial charge on any atom is -0.373 e. The highest BCUT2D eigenvalue weighted by molar-refractivity contribution is 5.43. The summed E-state index contributed by atoms with van der Waals surface area (Å²) in [6.07, 6.45) is 2.26. The zero-order chi connectivity index (χ0) is 11.7. The van der Waals surface area contributed by atoms with E-state index in [1.807, 2.05) is 0 Å². The first kappa shape index (κ1) is 11.4. The van der Waals surface area contributed by atoms with Crippen molar-refractivity contribution in [2.75, 3.05) is 14.2 Å². The molecular weight excluding hydrogens is 200 g/mol. The molecule has 0 aliphatic heterocycles. The monoisotopic (exact) mass is 218 g/mol. The van der Waals surface area contributed by atoms with Crippen molar-refractivity contribution < 1.29 is 9.47 Å². The molecule has 0 fully saturated rings. The maximum Gasteiger partial charge on any atom is 0.103 e. The van der Waals surface area contributed by atoms with Gasteiger partial charge in [0.15, 0.2) is 0 Å². The van der Waals surface area contributed by atoms with Crippen molar-refractivity contribution in [2.45, 2.75) is 26.1 Å². The maximum absolute atomic E-state index is 5.54. The van der Waals surface area contributed by atoms with E-state index < -0.39 is 0 Å². The molecule has 0 saturated carbocycles. The van der Waals surface area contributed by atoms with Crippen LogP contribution in [0.15, 0.2) is 29.8 Å².